The largest absolute Gasteiger partial charge is 0.494 e. The number of hydrogen-bond donors (Lipinski definition) is 1. The Balaban J connectivity index is 1.90. The Morgan fingerprint density at radius 1 is 1.10 bits per heavy atom. The van der Waals surface area contributed by atoms with Gasteiger partial charge in [0.15, 0.2) is 0 Å². The molecular formula is C14H19N3O2S. The smallest absolute Gasteiger partial charge is 0.299 e. The molecule has 0 spiro atoms. The summed E-state index contributed by atoms with van der Waals surface area (Å²) in [5.41, 5.74) is 0. The monoisotopic (exact) mass is 293 g/mol. The Hall–Kier alpha value is -1.66. The maximum absolute atomic E-state index is 5.66. The van der Waals surface area contributed by atoms with Crippen LogP contribution in [0.4, 0.5) is 0 Å². The van der Waals surface area contributed by atoms with Gasteiger partial charge in [0, 0.05) is 6.54 Å². The molecule has 1 N–H and O–H groups in total. The van der Waals surface area contributed by atoms with E-state index in [1.807, 2.05) is 24.3 Å². The van der Waals surface area contributed by atoms with Crippen molar-refractivity contribution in [2.24, 2.45) is 0 Å². The third-order valence-electron chi connectivity index (χ3n) is 2.48. The summed E-state index contributed by atoms with van der Waals surface area (Å²) in [4.78, 5) is 0. The molecule has 1 aromatic heterocycles. The van der Waals surface area contributed by atoms with Crippen molar-refractivity contribution in [3.8, 4) is 16.7 Å². The highest BCUT2D eigenvalue weighted by molar-refractivity contribution is 7.13. The molecule has 2 rings (SSSR count). The Morgan fingerprint density at radius 3 is 2.55 bits per heavy atom. The van der Waals surface area contributed by atoms with Crippen LogP contribution in [0.3, 0.4) is 0 Å². The van der Waals surface area contributed by atoms with Gasteiger partial charge in [-0.15, -0.1) is 5.10 Å². The van der Waals surface area contributed by atoms with Gasteiger partial charge in [0.05, 0.1) is 6.61 Å². The fourth-order valence-electron chi connectivity index (χ4n) is 1.51. The molecule has 0 saturated heterocycles. The summed E-state index contributed by atoms with van der Waals surface area (Å²) in [7, 11) is 0. The third-order valence-corrected chi connectivity index (χ3v) is 3.28. The fourth-order valence-corrected chi connectivity index (χ4v) is 2.18. The highest BCUT2D eigenvalue weighted by Gasteiger charge is 2.06. The first-order valence-electron chi connectivity index (χ1n) is 6.75. The van der Waals surface area contributed by atoms with Gasteiger partial charge in [-0.25, -0.2) is 0 Å². The average molecular weight is 293 g/mol. The molecule has 0 aliphatic heterocycles. The molecule has 20 heavy (non-hydrogen) atoms. The second-order valence-corrected chi connectivity index (χ2v) is 5.19. The first-order valence-corrected chi connectivity index (χ1v) is 7.57. The molecule has 0 amide bonds. The zero-order valence-corrected chi connectivity index (χ0v) is 12.6. The van der Waals surface area contributed by atoms with E-state index in [1.165, 1.54) is 11.3 Å². The number of rotatable bonds is 8. The molecule has 108 valence electrons. The highest BCUT2D eigenvalue weighted by Crippen LogP contribution is 2.26. The van der Waals surface area contributed by atoms with Gasteiger partial charge in [0.25, 0.3) is 5.19 Å². The van der Waals surface area contributed by atoms with E-state index >= 15 is 0 Å². The average Bonchev–Trinajstić information content (AvgIpc) is 2.92. The number of benzene rings is 1. The minimum absolute atomic E-state index is 0.556. The van der Waals surface area contributed by atoms with Crippen molar-refractivity contribution in [2.75, 3.05) is 13.2 Å². The van der Waals surface area contributed by atoms with Crippen LogP contribution in [0.1, 0.15) is 25.3 Å². The summed E-state index contributed by atoms with van der Waals surface area (Å²) in [6.45, 7) is 6.50. The van der Waals surface area contributed by atoms with Gasteiger partial charge in [0.2, 0.25) is 0 Å². The van der Waals surface area contributed by atoms with Gasteiger partial charge in [-0.1, -0.05) is 30.3 Å². The van der Waals surface area contributed by atoms with Crippen LogP contribution in [0.25, 0.3) is 0 Å². The van der Waals surface area contributed by atoms with Crippen LogP contribution in [0.15, 0.2) is 24.3 Å². The summed E-state index contributed by atoms with van der Waals surface area (Å²) in [6.07, 6.45) is 0.998. The van der Waals surface area contributed by atoms with E-state index in [-0.39, 0.29) is 0 Å². The first-order chi connectivity index (χ1) is 9.81. The second kappa shape index (κ2) is 7.81. The van der Waals surface area contributed by atoms with Gasteiger partial charge in [0.1, 0.15) is 16.5 Å². The SMILES string of the molecule is CCCOc1ccc(Oc2nnc(CNCC)s2)cc1. The topological polar surface area (TPSA) is 56.3 Å². The van der Waals surface area contributed by atoms with Crippen molar-refractivity contribution in [1.29, 1.82) is 0 Å². The van der Waals surface area contributed by atoms with Gasteiger partial charge >= 0.3 is 0 Å². The van der Waals surface area contributed by atoms with Crippen molar-refractivity contribution < 1.29 is 9.47 Å². The molecule has 0 saturated carbocycles. The van der Waals surface area contributed by atoms with E-state index in [4.69, 9.17) is 9.47 Å². The number of aromatic nitrogens is 2. The van der Waals surface area contributed by atoms with E-state index in [2.05, 4.69) is 29.4 Å². The predicted octanol–water partition coefficient (Wildman–Crippen LogP) is 3.23. The molecule has 0 aliphatic rings. The lowest BCUT2D eigenvalue weighted by atomic mass is 10.3. The molecule has 1 heterocycles. The summed E-state index contributed by atoms with van der Waals surface area (Å²) in [5, 5.41) is 12.8. The van der Waals surface area contributed by atoms with E-state index in [0.29, 0.717) is 5.19 Å². The van der Waals surface area contributed by atoms with Crippen LogP contribution < -0.4 is 14.8 Å². The molecule has 5 nitrogen and oxygen atoms in total. The fraction of sp³-hybridized carbons (Fsp3) is 0.429. The lowest BCUT2D eigenvalue weighted by Gasteiger charge is -2.05. The molecule has 1 aromatic carbocycles. The maximum Gasteiger partial charge on any atom is 0.299 e. The van der Waals surface area contributed by atoms with E-state index in [0.717, 1.165) is 42.6 Å². The van der Waals surface area contributed by atoms with Crippen LogP contribution in [-0.2, 0) is 6.54 Å². The van der Waals surface area contributed by atoms with Crippen LogP contribution in [0.5, 0.6) is 16.7 Å². The Bertz CT molecular complexity index is 513. The number of nitrogens with zero attached hydrogens (tertiary/aromatic N) is 2. The molecule has 6 heteroatoms. The molecule has 0 bridgehead atoms. The third kappa shape index (κ3) is 4.47. The van der Waals surface area contributed by atoms with Crippen LogP contribution in [0.2, 0.25) is 0 Å². The number of ether oxygens (including phenoxy) is 2. The molecule has 0 aliphatic carbocycles. The quantitative estimate of drug-likeness (QED) is 0.810. The van der Waals surface area contributed by atoms with Crippen molar-refractivity contribution in [3.63, 3.8) is 0 Å². The molecular weight excluding hydrogens is 274 g/mol. The highest BCUT2D eigenvalue weighted by atomic mass is 32.1. The van der Waals surface area contributed by atoms with E-state index in [9.17, 15) is 0 Å². The Kier molecular flexibility index (Phi) is 5.76. The van der Waals surface area contributed by atoms with Crippen molar-refractivity contribution in [3.05, 3.63) is 29.3 Å². The summed E-state index contributed by atoms with van der Waals surface area (Å²) in [5.74, 6) is 1.59. The van der Waals surface area contributed by atoms with E-state index < -0.39 is 0 Å². The summed E-state index contributed by atoms with van der Waals surface area (Å²) >= 11 is 1.45. The lowest BCUT2D eigenvalue weighted by molar-refractivity contribution is 0.317. The second-order valence-electron chi connectivity index (χ2n) is 4.16. The lowest BCUT2D eigenvalue weighted by Crippen LogP contribution is -2.11. The molecule has 2 aromatic rings. The Morgan fingerprint density at radius 2 is 1.85 bits per heavy atom. The van der Waals surface area contributed by atoms with Gasteiger partial charge in [-0.3, -0.25) is 0 Å². The minimum atomic E-state index is 0.556. The number of nitrogens with one attached hydrogen (secondary N) is 1. The summed E-state index contributed by atoms with van der Waals surface area (Å²) < 4.78 is 11.2. The Labute approximate surface area is 123 Å². The first kappa shape index (κ1) is 14.7. The van der Waals surface area contributed by atoms with Crippen LogP contribution in [-0.4, -0.2) is 23.3 Å². The maximum atomic E-state index is 5.66. The molecule has 0 atom stereocenters. The predicted molar refractivity (Wildman–Crippen MR) is 79.6 cm³/mol. The van der Waals surface area contributed by atoms with Crippen LogP contribution in [0, 0.1) is 0 Å². The van der Waals surface area contributed by atoms with Crippen molar-refractivity contribution in [2.45, 2.75) is 26.8 Å². The van der Waals surface area contributed by atoms with E-state index in [1.54, 1.807) is 0 Å². The summed E-state index contributed by atoms with van der Waals surface area (Å²) in [6, 6.07) is 7.53. The molecule has 0 fully saturated rings. The van der Waals surface area contributed by atoms with Crippen molar-refractivity contribution in [1.82, 2.24) is 15.5 Å². The van der Waals surface area contributed by atoms with Gasteiger partial charge < -0.3 is 14.8 Å². The molecule has 0 unspecified atom stereocenters. The standard InChI is InChI=1S/C14H19N3O2S/c1-3-9-18-11-5-7-12(8-6-11)19-14-17-16-13(20-14)10-15-4-2/h5-8,15H,3-4,9-10H2,1-2H3. The zero-order chi connectivity index (χ0) is 14.2. The number of hydrogen-bond acceptors (Lipinski definition) is 6. The minimum Gasteiger partial charge on any atom is -0.494 e. The normalized spacial score (nSPS) is 10.5. The van der Waals surface area contributed by atoms with Gasteiger partial charge in [-0.05, 0) is 37.2 Å². The zero-order valence-electron chi connectivity index (χ0n) is 11.8. The van der Waals surface area contributed by atoms with Crippen LogP contribution >= 0.6 is 11.3 Å². The molecule has 0 radical (unpaired) electrons. The van der Waals surface area contributed by atoms with Gasteiger partial charge in [-0.2, -0.15) is 0 Å². The van der Waals surface area contributed by atoms with Crippen molar-refractivity contribution >= 4 is 11.3 Å².